The third kappa shape index (κ3) is 3.03. The standard InChI is InChI=1S/C13H16N2O4/c1-15-5-4-9(7-15)12(17)14-10-3-2-8(13(18)19)6-11(10)16/h2-3,6,9,16H,4-5,7H2,1H3,(H,14,17)(H,18,19). The molecule has 2 rings (SSSR count). The molecule has 1 aromatic rings. The number of nitrogens with zero attached hydrogens (tertiary/aromatic N) is 1. The highest BCUT2D eigenvalue weighted by Gasteiger charge is 2.26. The summed E-state index contributed by atoms with van der Waals surface area (Å²) in [5.41, 5.74) is 0.223. The van der Waals surface area contributed by atoms with Crippen LogP contribution < -0.4 is 5.32 Å². The van der Waals surface area contributed by atoms with E-state index >= 15 is 0 Å². The minimum absolute atomic E-state index is 0.0175. The molecular formula is C13H16N2O4. The van der Waals surface area contributed by atoms with Gasteiger partial charge in [0.15, 0.2) is 0 Å². The van der Waals surface area contributed by atoms with Crippen molar-refractivity contribution >= 4 is 17.6 Å². The minimum atomic E-state index is -1.12. The minimum Gasteiger partial charge on any atom is -0.506 e. The van der Waals surface area contributed by atoms with Gasteiger partial charge in [-0.3, -0.25) is 4.79 Å². The maximum atomic E-state index is 12.0. The number of hydrogen-bond acceptors (Lipinski definition) is 4. The lowest BCUT2D eigenvalue weighted by Gasteiger charge is -2.12. The first-order chi connectivity index (χ1) is 8.97. The van der Waals surface area contributed by atoms with Crippen LogP contribution in [0.1, 0.15) is 16.8 Å². The van der Waals surface area contributed by atoms with Gasteiger partial charge in [-0.1, -0.05) is 0 Å². The molecule has 19 heavy (non-hydrogen) atoms. The number of phenolic OH excluding ortho intramolecular Hbond substituents is 1. The number of phenols is 1. The molecule has 0 bridgehead atoms. The molecule has 1 aliphatic rings. The molecule has 0 radical (unpaired) electrons. The lowest BCUT2D eigenvalue weighted by atomic mass is 10.1. The molecule has 6 heteroatoms. The van der Waals surface area contributed by atoms with Gasteiger partial charge in [0.05, 0.1) is 17.2 Å². The fourth-order valence-corrected chi connectivity index (χ4v) is 2.15. The number of nitrogens with one attached hydrogen (secondary N) is 1. The van der Waals surface area contributed by atoms with E-state index in [1.165, 1.54) is 12.1 Å². The van der Waals surface area contributed by atoms with Crippen LogP contribution in [0.4, 0.5) is 5.69 Å². The molecule has 0 aliphatic carbocycles. The van der Waals surface area contributed by atoms with Gasteiger partial charge in [-0.05, 0) is 38.2 Å². The number of carboxylic acids is 1. The Morgan fingerprint density at radius 2 is 2.16 bits per heavy atom. The van der Waals surface area contributed by atoms with Crippen LogP contribution in [0.2, 0.25) is 0 Å². The van der Waals surface area contributed by atoms with Crippen molar-refractivity contribution in [2.45, 2.75) is 6.42 Å². The van der Waals surface area contributed by atoms with E-state index in [0.717, 1.165) is 19.0 Å². The molecule has 0 spiro atoms. The molecule has 0 saturated carbocycles. The number of aromatic carboxylic acids is 1. The van der Waals surface area contributed by atoms with Gasteiger partial charge in [0, 0.05) is 6.54 Å². The maximum Gasteiger partial charge on any atom is 0.335 e. The Hall–Kier alpha value is -2.08. The largest absolute Gasteiger partial charge is 0.506 e. The quantitative estimate of drug-likeness (QED) is 0.708. The highest BCUT2D eigenvalue weighted by Crippen LogP contribution is 2.26. The SMILES string of the molecule is CN1CCC(C(=O)Nc2ccc(C(=O)O)cc2O)C1. The Morgan fingerprint density at radius 1 is 1.42 bits per heavy atom. The number of likely N-dealkylation sites (tertiary alicyclic amines) is 1. The second kappa shape index (κ2) is 5.27. The summed E-state index contributed by atoms with van der Waals surface area (Å²) < 4.78 is 0. The average Bonchev–Trinajstić information content (AvgIpc) is 2.78. The molecule has 6 nitrogen and oxygen atoms in total. The van der Waals surface area contributed by atoms with E-state index in [-0.39, 0.29) is 28.8 Å². The monoisotopic (exact) mass is 264 g/mol. The molecule has 1 fully saturated rings. The first kappa shape index (κ1) is 13.4. The number of carbonyl (C=O) groups excluding carboxylic acids is 1. The van der Waals surface area contributed by atoms with Crippen LogP contribution in [-0.4, -0.2) is 47.1 Å². The molecule has 1 unspecified atom stereocenters. The third-order valence-corrected chi connectivity index (χ3v) is 3.26. The molecular weight excluding hydrogens is 248 g/mol. The zero-order valence-electron chi connectivity index (χ0n) is 10.6. The lowest BCUT2D eigenvalue weighted by Crippen LogP contribution is -2.25. The third-order valence-electron chi connectivity index (χ3n) is 3.26. The van der Waals surface area contributed by atoms with Crippen molar-refractivity contribution in [1.82, 2.24) is 4.90 Å². The van der Waals surface area contributed by atoms with Crippen molar-refractivity contribution in [2.75, 3.05) is 25.5 Å². The van der Waals surface area contributed by atoms with Crippen molar-refractivity contribution in [2.24, 2.45) is 5.92 Å². The first-order valence-corrected chi connectivity index (χ1v) is 6.03. The molecule has 1 aliphatic heterocycles. The normalized spacial score (nSPS) is 19.3. The topological polar surface area (TPSA) is 89.9 Å². The van der Waals surface area contributed by atoms with Crippen LogP contribution in [0.25, 0.3) is 0 Å². The van der Waals surface area contributed by atoms with Crippen molar-refractivity contribution in [3.8, 4) is 5.75 Å². The predicted molar refractivity (Wildman–Crippen MR) is 69.3 cm³/mol. The van der Waals surface area contributed by atoms with Gasteiger partial charge in [0.2, 0.25) is 5.91 Å². The number of rotatable bonds is 3. The number of carboxylic acid groups (broad SMARTS) is 1. The summed E-state index contributed by atoms with van der Waals surface area (Å²) in [6.07, 6.45) is 0.788. The van der Waals surface area contributed by atoms with Crippen LogP contribution in [0, 0.1) is 5.92 Å². The van der Waals surface area contributed by atoms with Crippen molar-refractivity contribution in [1.29, 1.82) is 0 Å². The maximum absolute atomic E-state index is 12.0. The van der Waals surface area contributed by atoms with E-state index in [2.05, 4.69) is 10.2 Å². The number of benzene rings is 1. The van der Waals surface area contributed by atoms with E-state index in [0.29, 0.717) is 6.54 Å². The number of carbonyl (C=O) groups is 2. The fraction of sp³-hybridized carbons (Fsp3) is 0.385. The molecule has 1 aromatic carbocycles. The second-order valence-corrected chi connectivity index (χ2v) is 4.77. The van der Waals surface area contributed by atoms with E-state index in [1.807, 2.05) is 7.05 Å². The summed E-state index contributed by atoms with van der Waals surface area (Å²) >= 11 is 0. The Balaban J connectivity index is 2.07. The summed E-state index contributed by atoms with van der Waals surface area (Å²) in [5.74, 6) is -1.60. The number of hydrogen-bond donors (Lipinski definition) is 3. The van der Waals surface area contributed by atoms with E-state index in [1.54, 1.807) is 0 Å². The van der Waals surface area contributed by atoms with Crippen LogP contribution in [0.3, 0.4) is 0 Å². The van der Waals surface area contributed by atoms with Crippen LogP contribution in [-0.2, 0) is 4.79 Å². The highest BCUT2D eigenvalue weighted by molar-refractivity contribution is 5.95. The molecule has 1 amide bonds. The second-order valence-electron chi connectivity index (χ2n) is 4.77. The van der Waals surface area contributed by atoms with E-state index in [4.69, 9.17) is 5.11 Å². The van der Waals surface area contributed by atoms with Crippen molar-refractivity contribution < 1.29 is 19.8 Å². The summed E-state index contributed by atoms with van der Waals surface area (Å²) in [4.78, 5) is 24.8. The van der Waals surface area contributed by atoms with Gasteiger partial charge in [-0.15, -0.1) is 0 Å². The van der Waals surface area contributed by atoms with Gasteiger partial charge in [-0.2, -0.15) is 0 Å². The van der Waals surface area contributed by atoms with Gasteiger partial charge < -0.3 is 20.4 Å². The van der Waals surface area contributed by atoms with E-state index < -0.39 is 5.97 Å². The number of anilines is 1. The van der Waals surface area contributed by atoms with Crippen molar-refractivity contribution in [3.05, 3.63) is 23.8 Å². The van der Waals surface area contributed by atoms with Crippen LogP contribution >= 0.6 is 0 Å². The Morgan fingerprint density at radius 3 is 2.68 bits per heavy atom. The molecule has 1 atom stereocenters. The zero-order valence-corrected chi connectivity index (χ0v) is 10.6. The Bertz CT molecular complexity index is 515. The predicted octanol–water partition coefficient (Wildman–Crippen LogP) is 0.981. The fourth-order valence-electron chi connectivity index (χ4n) is 2.15. The summed E-state index contributed by atoms with van der Waals surface area (Å²) in [5, 5.41) is 21.1. The smallest absolute Gasteiger partial charge is 0.335 e. The number of amides is 1. The molecule has 1 heterocycles. The highest BCUT2D eigenvalue weighted by atomic mass is 16.4. The first-order valence-electron chi connectivity index (χ1n) is 6.03. The van der Waals surface area contributed by atoms with Gasteiger partial charge >= 0.3 is 5.97 Å². The van der Waals surface area contributed by atoms with Crippen LogP contribution in [0.15, 0.2) is 18.2 Å². The molecule has 102 valence electrons. The van der Waals surface area contributed by atoms with Crippen LogP contribution in [0.5, 0.6) is 5.75 Å². The van der Waals surface area contributed by atoms with Gasteiger partial charge in [0.25, 0.3) is 0 Å². The van der Waals surface area contributed by atoms with Crippen molar-refractivity contribution in [3.63, 3.8) is 0 Å². The molecule has 0 aromatic heterocycles. The summed E-state index contributed by atoms with van der Waals surface area (Å²) in [6.45, 7) is 1.57. The lowest BCUT2D eigenvalue weighted by molar-refractivity contribution is -0.119. The Kier molecular flexibility index (Phi) is 3.71. The summed E-state index contributed by atoms with van der Waals surface area (Å²) in [6, 6.07) is 3.87. The van der Waals surface area contributed by atoms with E-state index in [9.17, 15) is 14.7 Å². The molecule has 3 N–H and O–H groups in total. The van der Waals surface area contributed by atoms with Gasteiger partial charge in [-0.25, -0.2) is 4.79 Å². The number of aromatic hydroxyl groups is 1. The zero-order chi connectivity index (χ0) is 14.0. The Labute approximate surface area is 110 Å². The van der Waals surface area contributed by atoms with Gasteiger partial charge in [0.1, 0.15) is 5.75 Å². The summed E-state index contributed by atoms with van der Waals surface area (Å²) in [7, 11) is 1.95. The average molecular weight is 264 g/mol. The molecule has 1 saturated heterocycles.